The lowest BCUT2D eigenvalue weighted by molar-refractivity contribution is -0.344. The van der Waals surface area contributed by atoms with Gasteiger partial charge >= 0.3 is 0 Å². The lowest BCUT2D eigenvalue weighted by atomic mass is 9.99. The lowest BCUT2D eigenvalue weighted by Crippen LogP contribution is -2.24. The molecule has 138 valence electrons. The Morgan fingerprint density at radius 1 is 1.11 bits per heavy atom. The summed E-state index contributed by atoms with van der Waals surface area (Å²) in [6.07, 6.45) is 4.17. The molecule has 4 rings (SSSR count). The Morgan fingerprint density at radius 3 is 2.56 bits per heavy atom. The highest BCUT2D eigenvalue weighted by Crippen LogP contribution is 2.34. The van der Waals surface area contributed by atoms with E-state index in [0.29, 0.717) is 6.61 Å². The third-order valence-electron chi connectivity index (χ3n) is 5.16. The highest BCUT2D eigenvalue weighted by atomic mass is 16.5. The van der Waals surface area contributed by atoms with E-state index >= 15 is 0 Å². The first-order valence-corrected chi connectivity index (χ1v) is 9.65. The zero-order chi connectivity index (χ0) is 18.8. The topological polar surface area (TPSA) is 43.7 Å². The highest BCUT2D eigenvalue weighted by Gasteiger charge is 2.26. The summed E-state index contributed by atoms with van der Waals surface area (Å²) in [4.78, 5) is 19.0. The fourth-order valence-electron chi connectivity index (χ4n) is 3.78. The lowest BCUT2D eigenvalue weighted by Gasteiger charge is -2.21. The first-order valence-electron chi connectivity index (χ1n) is 9.65. The smallest absolute Gasteiger partial charge is 0.213 e. The molecule has 0 amide bonds. The number of ether oxygens (including phenoxy) is 1. The van der Waals surface area contributed by atoms with Gasteiger partial charge in [-0.05, 0) is 38.8 Å². The third kappa shape index (κ3) is 3.39. The van der Waals surface area contributed by atoms with Crippen molar-refractivity contribution in [3.8, 4) is 5.75 Å². The third-order valence-corrected chi connectivity index (χ3v) is 5.16. The van der Waals surface area contributed by atoms with Crippen molar-refractivity contribution in [3.05, 3.63) is 65.4 Å². The van der Waals surface area contributed by atoms with Crippen molar-refractivity contribution in [2.24, 2.45) is 0 Å². The van der Waals surface area contributed by atoms with Crippen molar-refractivity contribution < 1.29 is 14.5 Å². The Hall–Kier alpha value is -2.88. The predicted octanol–water partition coefficient (Wildman–Crippen LogP) is 4.19. The number of H-pyrrole nitrogens is 1. The van der Waals surface area contributed by atoms with E-state index in [1.165, 1.54) is 0 Å². The Balaban J connectivity index is 1.89. The van der Waals surface area contributed by atoms with Crippen LogP contribution in [0.4, 0.5) is 5.69 Å². The molecule has 1 fully saturated rings. The molecule has 2 aromatic carbocycles. The molecule has 0 radical (unpaired) electrons. The average molecular weight is 361 g/mol. The SMILES string of the molecule is CCOc1ccc2[nH+]cc(C(=O)c3ccc(C)cc3)c(N3CCCC3)c2c1. The predicted molar refractivity (Wildman–Crippen MR) is 108 cm³/mol. The van der Waals surface area contributed by atoms with Gasteiger partial charge in [-0.25, -0.2) is 4.98 Å². The van der Waals surface area contributed by atoms with Gasteiger partial charge in [0.2, 0.25) is 11.3 Å². The quantitative estimate of drug-likeness (QED) is 0.640. The van der Waals surface area contributed by atoms with Crippen LogP contribution in [0, 0.1) is 6.92 Å². The van der Waals surface area contributed by atoms with Crippen LogP contribution < -0.4 is 14.6 Å². The number of ketones is 1. The van der Waals surface area contributed by atoms with Gasteiger partial charge in [-0.15, -0.1) is 0 Å². The van der Waals surface area contributed by atoms with Gasteiger partial charge in [0.1, 0.15) is 11.3 Å². The van der Waals surface area contributed by atoms with Crippen LogP contribution in [0.3, 0.4) is 0 Å². The first kappa shape index (κ1) is 17.5. The number of fused-ring (bicyclic) bond motifs is 1. The fraction of sp³-hybridized carbons (Fsp3) is 0.304. The molecule has 4 nitrogen and oxygen atoms in total. The number of aryl methyl sites for hydroxylation is 1. The maximum Gasteiger partial charge on any atom is 0.213 e. The van der Waals surface area contributed by atoms with Crippen molar-refractivity contribution >= 4 is 22.4 Å². The van der Waals surface area contributed by atoms with Crippen LogP contribution in [0.5, 0.6) is 5.75 Å². The monoisotopic (exact) mass is 361 g/mol. The van der Waals surface area contributed by atoms with Gasteiger partial charge in [-0.2, -0.15) is 0 Å². The van der Waals surface area contributed by atoms with E-state index in [2.05, 4.69) is 16.0 Å². The van der Waals surface area contributed by atoms with Gasteiger partial charge in [0.05, 0.1) is 17.7 Å². The van der Waals surface area contributed by atoms with Crippen LogP contribution in [0.2, 0.25) is 0 Å². The zero-order valence-electron chi connectivity index (χ0n) is 15.9. The van der Waals surface area contributed by atoms with Crippen molar-refractivity contribution in [1.29, 1.82) is 0 Å². The van der Waals surface area contributed by atoms with Crippen LogP contribution >= 0.6 is 0 Å². The van der Waals surface area contributed by atoms with Gasteiger partial charge in [0, 0.05) is 24.7 Å². The molecule has 0 spiro atoms. The number of aromatic amines is 1. The highest BCUT2D eigenvalue weighted by molar-refractivity contribution is 6.15. The Labute approximate surface area is 159 Å². The van der Waals surface area contributed by atoms with E-state index in [0.717, 1.165) is 65.0 Å². The number of nitrogens with zero attached hydrogens (tertiary/aromatic N) is 1. The van der Waals surface area contributed by atoms with E-state index in [4.69, 9.17) is 4.74 Å². The number of carbonyl (C=O) groups is 1. The number of pyridine rings is 1. The molecule has 0 atom stereocenters. The van der Waals surface area contributed by atoms with Crippen molar-refractivity contribution in [2.45, 2.75) is 26.7 Å². The standard InChI is InChI=1S/C23H24N2O2/c1-3-27-18-10-11-21-19(14-18)22(25-12-4-5-13-25)20(15-24-21)23(26)17-8-6-16(2)7-9-17/h6-11,14-15H,3-5,12-13H2,1-2H3/p+1. The number of rotatable bonds is 5. The van der Waals surface area contributed by atoms with Gasteiger partial charge in [0.25, 0.3) is 0 Å². The molecule has 2 heterocycles. The number of aromatic nitrogens is 1. The van der Waals surface area contributed by atoms with E-state index in [1.807, 2.05) is 56.4 Å². The fourth-order valence-corrected chi connectivity index (χ4v) is 3.78. The minimum Gasteiger partial charge on any atom is -0.494 e. The molecule has 0 unspecified atom stereocenters. The van der Waals surface area contributed by atoms with Crippen LogP contribution in [0.1, 0.15) is 41.3 Å². The average Bonchev–Trinajstić information content (AvgIpc) is 3.21. The molecular weight excluding hydrogens is 336 g/mol. The minimum absolute atomic E-state index is 0.0527. The Bertz CT molecular complexity index is 974. The summed E-state index contributed by atoms with van der Waals surface area (Å²) < 4.78 is 5.71. The van der Waals surface area contributed by atoms with Crippen LogP contribution in [0.15, 0.2) is 48.7 Å². The molecule has 0 bridgehead atoms. The van der Waals surface area contributed by atoms with E-state index < -0.39 is 0 Å². The molecule has 1 aromatic heterocycles. The van der Waals surface area contributed by atoms with Gasteiger partial charge < -0.3 is 9.64 Å². The van der Waals surface area contributed by atoms with Gasteiger partial charge in [-0.1, -0.05) is 29.8 Å². The van der Waals surface area contributed by atoms with Crippen molar-refractivity contribution in [3.63, 3.8) is 0 Å². The van der Waals surface area contributed by atoms with Gasteiger partial charge in [0.15, 0.2) is 6.20 Å². The number of nitrogens with one attached hydrogen (secondary N) is 1. The number of benzene rings is 2. The number of carbonyl (C=O) groups excluding carboxylic acids is 1. The van der Waals surface area contributed by atoms with E-state index in [-0.39, 0.29) is 5.78 Å². The second kappa shape index (κ2) is 7.39. The summed E-state index contributed by atoms with van der Waals surface area (Å²) in [5, 5.41) is 1.04. The molecule has 4 heteroatoms. The largest absolute Gasteiger partial charge is 0.494 e. The number of hydrogen-bond donors (Lipinski definition) is 0. The summed E-state index contributed by atoms with van der Waals surface area (Å²) in [7, 11) is 0. The van der Waals surface area contributed by atoms with Crippen LogP contribution in [-0.4, -0.2) is 25.5 Å². The summed E-state index contributed by atoms with van der Waals surface area (Å²) in [5.74, 6) is 0.885. The molecule has 1 N–H and O–H groups in total. The van der Waals surface area contributed by atoms with E-state index in [9.17, 15) is 4.79 Å². The minimum atomic E-state index is 0.0527. The summed E-state index contributed by atoms with van der Waals surface area (Å²) in [5.41, 5.74) is 4.63. The summed E-state index contributed by atoms with van der Waals surface area (Å²) in [6, 6.07) is 13.8. The molecule has 1 saturated heterocycles. The van der Waals surface area contributed by atoms with E-state index in [1.54, 1.807) is 0 Å². The maximum atomic E-state index is 13.3. The van der Waals surface area contributed by atoms with Gasteiger partial charge in [-0.3, -0.25) is 4.79 Å². The molecule has 1 aliphatic rings. The normalized spacial score (nSPS) is 13.9. The first-order chi connectivity index (χ1) is 13.2. The Kier molecular flexibility index (Phi) is 4.80. The van der Waals surface area contributed by atoms with Crippen molar-refractivity contribution in [2.75, 3.05) is 24.6 Å². The molecule has 0 saturated carbocycles. The summed E-state index contributed by atoms with van der Waals surface area (Å²) >= 11 is 0. The molecule has 27 heavy (non-hydrogen) atoms. The molecule has 0 aliphatic carbocycles. The van der Waals surface area contributed by atoms with Crippen LogP contribution in [-0.2, 0) is 0 Å². The Morgan fingerprint density at radius 2 is 1.85 bits per heavy atom. The maximum absolute atomic E-state index is 13.3. The summed E-state index contributed by atoms with van der Waals surface area (Å²) in [6.45, 7) is 6.59. The number of anilines is 1. The molecule has 1 aliphatic heterocycles. The number of hydrogen-bond acceptors (Lipinski definition) is 3. The second-order valence-corrected chi connectivity index (χ2v) is 7.08. The zero-order valence-corrected chi connectivity index (χ0v) is 15.9. The second-order valence-electron chi connectivity index (χ2n) is 7.08. The van der Waals surface area contributed by atoms with Crippen LogP contribution in [0.25, 0.3) is 10.9 Å². The molecular formula is C23H25N2O2+. The molecule has 3 aromatic rings. The van der Waals surface area contributed by atoms with Crippen molar-refractivity contribution in [1.82, 2.24) is 0 Å².